The van der Waals surface area contributed by atoms with E-state index in [4.69, 9.17) is 13.9 Å². The van der Waals surface area contributed by atoms with Gasteiger partial charge in [0.25, 0.3) is 0 Å². The van der Waals surface area contributed by atoms with E-state index in [-0.39, 0.29) is 17.2 Å². The molecule has 142 valence electrons. The second-order valence-corrected chi connectivity index (χ2v) is 8.23. The van der Waals surface area contributed by atoms with Gasteiger partial charge in [-0.25, -0.2) is 4.79 Å². The minimum Gasteiger partial charge on any atom is -0.457 e. The number of ether oxygens (including phenoxy) is 2. The monoisotopic (exact) mass is 370 g/mol. The summed E-state index contributed by atoms with van der Waals surface area (Å²) >= 11 is 0. The van der Waals surface area contributed by atoms with Crippen molar-refractivity contribution in [1.82, 2.24) is 0 Å². The first-order chi connectivity index (χ1) is 12.6. The van der Waals surface area contributed by atoms with E-state index in [2.05, 4.69) is 0 Å². The molecule has 1 aromatic carbocycles. The number of rotatable bonds is 3. The summed E-state index contributed by atoms with van der Waals surface area (Å²) in [5, 5.41) is 0.468. The number of hydrogen-bond acceptors (Lipinski definition) is 6. The fraction of sp³-hybridized carbons (Fsp3) is 0.476. The highest BCUT2D eigenvalue weighted by atomic mass is 16.6. The maximum atomic E-state index is 13.0. The highest BCUT2D eigenvalue weighted by molar-refractivity contribution is 5.93. The Morgan fingerprint density at radius 3 is 2.48 bits per heavy atom. The third-order valence-electron chi connectivity index (χ3n) is 6.75. The second-order valence-electron chi connectivity index (χ2n) is 8.23. The van der Waals surface area contributed by atoms with Gasteiger partial charge >= 0.3 is 11.9 Å². The quantitative estimate of drug-likeness (QED) is 0.769. The van der Waals surface area contributed by atoms with Crippen LogP contribution in [0.3, 0.4) is 0 Å². The third kappa shape index (κ3) is 2.16. The molecule has 1 aliphatic carbocycles. The molecule has 2 fully saturated rings. The van der Waals surface area contributed by atoms with E-state index in [9.17, 15) is 14.4 Å². The Labute approximate surface area is 156 Å². The largest absolute Gasteiger partial charge is 0.457 e. The summed E-state index contributed by atoms with van der Waals surface area (Å²) in [7, 11) is 0. The van der Waals surface area contributed by atoms with Crippen LogP contribution in [0.1, 0.15) is 52.4 Å². The van der Waals surface area contributed by atoms with Crippen molar-refractivity contribution in [2.75, 3.05) is 0 Å². The molecule has 1 aromatic heterocycles. The van der Waals surface area contributed by atoms with E-state index in [0.29, 0.717) is 23.8 Å². The number of carbonyl (C=O) groups excluding carboxylic acids is 2. The van der Waals surface area contributed by atoms with Gasteiger partial charge in [-0.3, -0.25) is 9.59 Å². The van der Waals surface area contributed by atoms with Gasteiger partial charge in [0.15, 0.2) is 11.5 Å². The smallest absolute Gasteiger partial charge is 0.351 e. The predicted molar refractivity (Wildman–Crippen MR) is 96.9 cm³/mol. The number of fused-ring (bicyclic) bond motifs is 3. The molecule has 0 radical (unpaired) electrons. The molecular weight excluding hydrogens is 348 g/mol. The molecule has 0 spiro atoms. The van der Waals surface area contributed by atoms with E-state index in [1.165, 1.54) is 6.07 Å². The Kier molecular flexibility index (Phi) is 3.58. The highest BCUT2D eigenvalue weighted by Crippen LogP contribution is 2.66. The molecular formula is C21H22O6. The predicted octanol–water partition coefficient (Wildman–Crippen LogP) is 3.52. The van der Waals surface area contributed by atoms with Gasteiger partial charge < -0.3 is 13.9 Å². The molecule has 1 saturated carbocycles. The lowest BCUT2D eigenvalue weighted by atomic mass is 9.66. The Bertz CT molecular complexity index is 1020. The summed E-state index contributed by atoms with van der Waals surface area (Å²) in [5.41, 5.74) is -2.45. The summed E-state index contributed by atoms with van der Waals surface area (Å²) in [4.78, 5) is 37.7. The number of carbonyl (C=O) groups is 2. The van der Waals surface area contributed by atoms with E-state index < -0.39 is 28.5 Å². The van der Waals surface area contributed by atoms with Crippen LogP contribution in [-0.4, -0.2) is 17.5 Å². The van der Waals surface area contributed by atoms with Crippen LogP contribution in [0.4, 0.5) is 0 Å². The molecule has 6 nitrogen and oxygen atoms in total. The number of para-hydroxylation sites is 1. The van der Waals surface area contributed by atoms with Gasteiger partial charge in [-0.15, -0.1) is 0 Å². The zero-order valence-corrected chi connectivity index (χ0v) is 15.8. The molecule has 3 atom stereocenters. The van der Waals surface area contributed by atoms with E-state index in [1.54, 1.807) is 31.2 Å². The van der Waals surface area contributed by atoms with Crippen LogP contribution in [0.25, 0.3) is 11.0 Å². The van der Waals surface area contributed by atoms with Crippen molar-refractivity contribution in [3.63, 3.8) is 0 Å². The third-order valence-corrected chi connectivity index (χ3v) is 6.75. The summed E-state index contributed by atoms with van der Waals surface area (Å²) in [6, 6.07) is 8.24. The average molecular weight is 370 g/mol. The summed E-state index contributed by atoms with van der Waals surface area (Å²) in [6.45, 7) is 7.21. The van der Waals surface area contributed by atoms with Gasteiger partial charge in [0.05, 0.1) is 10.8 Å². The van der Waals surface area contributed by atoms with Crippen molar-refractivity contribution in [1.29, 1.82) is 0 Å². The fourth-order valence-corrected chi connectivity index (χ4v) is 4.34. The van der Waals surface area contributed by atoms with Crippen molar-refractivity contribution in [3.05, 3.63) is 46.3 Å². The first kappa shape index (κ1) is 17.8. The van der Waals surface area contributed by atoms with Crippen LogP contribution >= 0.6 is 0 Å². The van der Waals surface area contributed by atoms with Crippen LogP contribution in [0.5, 0.6) is 0 Å². The lowest BCUT2D eigenvalue weighted by molar-refractivity contribution is -0.187. The normalized spacial score (nSPS) is 29.6. The molecule has 2 aromatic rings. The Balaban J connectivity index is 1.64. The van der Waals surface area contributed by atoms with E-state index >= 15 is 0 Å². The van der Waals surface area contributed by atoms with Gasteiger partial charge in [0.1, 0.15) is 11.3 Å². The van der Waals surface area contributed by atoms with Crippen molar-refractivity contribution in [2.24, 2.45) is 10.8 Å². The molecule has 0 unspecified atom stereocenters. The van der Waals surface area contributed by atoms with Crippen molar-refractivity contribution >= 4 is 22.9 Å². The summed E-state index contributed by atoms with van der Waals surface area (Å²) in [6.07, 6.45) is 0.217. The molecule has 2 bridgehead atoms. The standard InChI is InChI=1S/C21H22O6/c1-12(16-11-14(22)13-7-5-6-8-15(13)26-16)25-18(24)21-10-9-20(4,17(23)27-21)19(21,2)3/h5-8,11-12H,9-10H2,1-4H3/t12-,20+,21-/m1/s1. The van der Waals surface area contributed by atoms with Crippen molar-refractivity contribution in [3.8, 4) is 0 Å². The Morgan fingerprint density at radius 1 is 1.15 bits per heavy atom. The molecule has 1 aliphatic heterocycles. The zero-order valence-electron chi connectivity index (χ0n) is 15.8. The SMILES string of the molecule is C[C@@H](OC(=O)[C@@]12CC[C@@](C)(C(=O)O1)C2(C)C)c1cc(=O)c2ccccc2o1. The first-order valence-corrected chi connectivity index (χ1v) is 9.10. The number of esters is 2. The lowest BCUT2D eigenvalue weighted by Gasteiger charge is -2.35. The highest BCUT2D eigenvalue weighted by Gasteiger charge is 2.76. The summed E-state index contributed by atoms with van der Waals surface area (Å²) < 4.78 is 16.9. The van der Waals surface area contributed by atoms with E-state index in [0.717, 1.165) is 0 Å². The maximum Gasteiger partial charge on any atom is 0.351 e. The van der Waals surface area contributed by atoms with Crippen molar-refractivity contribution in [2.45, 2.75) is 52.2 Å². The van der Waals surface area contributed by atoms with Gasteiger partial charge in [0.2, 0.25) is 5.60 Å². The van der Waals surface area contributed by atoms with Crippen molar-refractivity contribution < 1.29 is 23.5 Å². The molecule has 2 aliphatic rings. The fourth-order valence-electron chi connectivity index (χ4n) is 4.34. The number of benzene rings is 1. The first-order valence-electron chi connectivity index (χ1n) is 9.10. The van der Waals surface area contributed by atoms with Crippen LogP contribution < -0.4 is 5.43 Å². The lowest BCUT2D eigenvalue weighted by Crippen LogP contribution is -2.49. The van der Waals surface area contributed by atoms with Gasteiger partial charge in [-0.2, -0.15) is 0 Å². The topological polar surface area (TPSA) is 82.8 Å². The average Bonchev–Trinajstić information content (AvgIpc) is 2.92. The van der Waals surface area contributed by atoms with Crippen LogP contribution in [0.2, 0.25) is 0 Å². The van der Waals surface area contributed by atoms with Gasteiger partial charge in [-0.05, 0) is 38.8 Å². The van der Waals surface area contributed by atoms with Gasteiger partial charge in [0, 0.05) is 11.5 Å². The molecule has 27 heavy (non-hydrogen) atoms. The van der Waals surface area contributed by atoms with Gasteiger partial charge in [-0.1, -0.05) is 26.0 Å². The number of hydrogen-bond donors (Lipinski definition) is 0. The Morgan fingerprint density at radius 2 is 1.85 bits per heavy atom. The van der Waals surface area contributed by atoms with Crippen LogP contribution in [-0.2, 0) is 19.1 Å². The maximum absolute atomic E-state index is 13.0. The summed E-state index contributed by atoms with van der Waals surface area (Å²) in [5.74, 6) is -0.697. The zero-order chi connectivity index (χ0) is 19.6. The van der Waals surface area contributed by atoms with E-state index in [1.807, 2.05) is 20.8 Å². The molecule has 4 rings (SSSR count). The molecule has 0 N–H and O–H groups in total. The Hall–Kier alpha value is -2.63. The van der Waals surface area contributed by atoms with Crippen LogP contribution in [0, 0.1) is 10.8 Å². The second kappa shape index (κ2) is 5.44. The molecule has 2 heterocycles. The molecule has 1 saturated heterocycles. The van der Waals surface area contributed by atoms with Crippen LogP contribution in [0.15, 0.2) is 39.5 Å². The minimum atomic E-state index is -1.30. The molecule has 0 amide bonds. The minimum absolute atomic E-state index is 0.200. The molecule has 6 heteroatoms.